The number of hydrogen-bond acceptors (Lipinski definition) is 4. The van der Waals surface area contributed by atoms with Gasteiger partial charge in [-0.15, -0.1) is 0 Å². The van der Waals surface area contributed by atoms with Gasteiger partial charge in [-0.05, 0) is 24.0 Å². The van der Waals surface area contributed by atoms with Crippen molar-refractivity contribution in [2.45, 2.75) is 39.4 Å². The van der Waals surface area contributed by atoms with Crippen molar-refractivity contribution in [2.75, 3.05) is 7.11 Å². The predicted molar refractivity (Wildman–Crippen MR) is 81.0 cm³/mol. The van der Waals surface area contributed by atoms with E-state index in [9.17, 15) is 28.1 Å². The zero-order valence-corrected chi connectivity index (χ0v) is 13.7. The SMILES string of the molecule is COc1cccc(C(=O)N[C@H](CC(C)(C)C)C(F)(F)F)c1[N+](=O)[O-]. The van der Waals surface area contributed by atoms with Gasteiger partial charge in [0.05, 0.1) is 12.0 Å². The fourth-order valence-corrected chi connectivity index (χ4v) is 2.16. The van der Waals surface area contributed by atoms with Gasteiger partial charge in [-0.2, -0.15) is 13.2 Å². The maximum atomic E-state index is 13.2. The number of benzene rings is 1. The largest absolute Gasteiger partial charge is 0.490 e. The fraction of sp³-hybridized carbons (Fsp3) is 0.533. The molecule has 1 aromatic carbocycles. The van der Waals surface area contributed by atoms with E-state index in [-0.39, 0.29) is 12.2 Å². The van der Waals surface area contributed by atoms with E-state index in [1.165, 1.54) is 19.2 Å². The number of rotatable bonds is 5. The number of ether oxygens (including phenoxy) is 1. The Bertz CT molecular complexity index is 624. The maximum Gasteiger partial charge on any atom is 0.408 e. The zero-order chi connectivity index (χ0) is 18.7. The lowest BCUT2D eigenvalue weighted by atomic mass is 9.87. The van der Waals surface area contributed by atoms with Crippen LogP contribution in [0.5, 0.6) is 5.75 Å². The minimum absolute atomic E-state index is 0.202. The van der Waals surface area contributed by atoms with Gasteiger partial charge in [0.25, 0.3) is 5.91 Å². The smallest absolute Gasteiger partial charge is 0.408 e. The van der Waals surface area contributed by atoms with Gasteiger partial charge in [0.15, 0.2) is 5.75 Å². The molecule has 1 amide bonds. The standard InChI is InChI=1S/C15H19F3N2O4/c1-14(2,3)8-11(15(16,17)18)19-13(21)9-6-5-7-10(24-4)12(9)20(22)23/h5-7,11H,8H2,1-4H3,(H,19,21)/t11-/m1/s1. The van der Waals surface area contributed by atoms with Crippen LogP contribution < -0.4 is 10.1 Å². The number of nitrogens with one attached hydrogen (secondary N) is 1. The molecule has 0 aromatic heterocycles. The van der Waals surface area contributed by atoms with Gasteiger partial charge >= 0.3 is 11.9 Å². The highest BCUT2D eigenvalue weighted by atomic mass is 19.4. The van der Waals surface area contributed by atoms with Crippen molar-refractivity contribution in [3.8, 4) is 5.75 Å². The monoisotopic (exact) mass is 348 g/mol. The lowest BCUT2D eigenvalue weighted by Crippen LogP contribution is -2.47. The van der Waals surface area contributed by atoms with E-state index in [0.717, 1.165) is 6.07 Å². The molecule has 0 unspecified atom stereocenters. The van der Waals surface area contributed by atoms with Crippen molar-refractivity contribution < 1.29 is 27.6 Å². The van der Waals surface area contributed by atoms with E-state index in [4.69, 9.17) is 4.74 Å². The summed E-state index contributed by atoms with van der Waals surface area (Å²) in [4.78, 5) is 22.5. The molecule has 0 radical (unpaired) electrons. The Morgan fingerprint density at radius 1 is 1.33 bits per heavy atom. The molecule has 0 bridgehead atoms. The van der Waals surface area contributed by atoms with Crippen molar-refractivity contribution in [1.82, 2.24) is 5.32 Å². The van der Waals surface area contributed by atoms with Crippen LogP contribution in [0.1, 0.15) is 37.6 Å². The second-order valence-corrected chi connectivity index (χ2v) is 6.45. The van der Waals surface area contributed by atoms with Crippen molar-refractivity contribution in [1.29, 1.82) is 0 Å². The Morgan fingerprint density at radius 3 is 2.33 bits per heavy atom. The molecule has 24 heavy (non-hydrogen) atoms. The average molecular weight is 348 g/mol. The van der Waals surface area contributed by atoms with Gasteiger partial charge in [-0.3, -0.25) is 14.9 Å². The Morgan fingerprint density at radius 2 is 1.92 bits per heavy atom. The van der Waals surface area contributed by atoms with Crippen LogP contribution in [0.2, 0.25) is 0 Å². The molecule has 6 nitrogen and oxygen atoms in total. The summed E-state index contributed by atoms with van der Waals surface area (Å²) in [6.07, 6.45) is -5.03. The van der Waals surface area contributed by atoms with E-state index in [0.29, 0.717) is 0 Å². The molecule has 1 rings (SSSR count). The number of nitro groups is 1. The third kappa shape index (κ3) is 5.10. The van der Waals surface area contributed by atoms with Crippen LogP contribution in [0.15, 0.2) is 18.2 Å². The van der Waals surface area contributed by atoms with E-state index in [1.807, 2.05) is 5.32 Å². The summed E-state index contributed by atoms with van der Waals surface area (Å²) in [7, 11) is 1.17. The first-order valence-corrected chi connectivity index (χ1v) is 7.06. The van der Waals surface area contributed by atoms with Crippen LogP contribution in [0.3, 0.4) is 0 Å². The number of amides is 1. The van der Waals surface area contributed by atoms with Crippen LogP contribution >= 0.6 is 0 Å². The minimum atomic E-state index is -4.67. The molecular weight excluding hydrogens is 329 g/mol. The average Bonchev–Trinajstić information content (AvgIpc) is 2.42. The van der Waals surface area contributed by atoms with Gasteiger partial charge in [0.1, 0.15) is 11.6 Å². The molecule has 0 saturated heterocycles. The number of halogens is 3. The molecule has 0 spiro atoms. The number of alkyl halides is 3. The molecule has 0 aliphatic heterocycles. The highest BCUT2D eigenvalue weighted by molar-refractivity contribution is 5.99. The van der Waals surface area contributed by atoms with Crippen LogP contribution in [-0.2, 0) is 0 Å². The number of carbonyl (C=O) groups is 1. The number of nitrogens with zero attached hydrogens (tertiary/aromatic N) is 1. The molecule has 0 aliphatic carbocycles. The third-order valence-corrected chi connectivity index (χ3v) is 3.16. The number of nitro benzene ring substituents is 1. The molecule has 0 saturated carbocycles. The first kappa shape index (κ1) is 19.7. The van der Waals surface area contributed by atoms with E-state index in [1.54, 1.807) is 20.8 Å². The predicted octanol–water partition coefficient (Wildman–Crippen LogP) is 3.70. The number of methoxy groups -OCH3 is 1. The third-order valence-electron chi connectivity index (χ3n) is 3.16. The summed E-state index contributed by atoms with van der Waals surface area (Å²) in [6, 6.07) is 1.52. The van der Waals surface area contributed by atoms with Crippen molar-refractivity contribution in [3.05, 3.63) is 33.9 Å². The van der Waals surface area contributed by atoms with E-state index < -0.39 is 39.7 Å². The normalized spacial score (nSPS) is 13.3. The Balaban J connectivity index is 3.20. The summed E-state index contributed by atoms with van der Waals surface area (Å²) < 4.78 is 44.3. The molecule has 1 N–H and O–H groups in total. The lowest BCUT2D eigenvalue weighted by Gasteiger charge is -2.28. The fourth-order valence-electron chi connectivity index (χ4n) is 2.16. The summed E-state index contributed by atoms with van der Waals surface area (Å²) in [5.41, 5.74) is -1.86. The molecule has 1 atom stereocenters. The molecular formula is C15H19F3N2O4. The van der Waals surface area contributed by atoms with Gasteiger partial charge in [-0.25, -0.2) is 0 Å². The first-order chi connectivity index (χ1) is 10.9. The quantitative estimate of drug-likeness (QED) is 0.650. The maximum absolute atomic E-state index is 13.2. The van der Waals surface area contributed by atoms with Crippen LogP contribution in [0.25, 0.3) is 0 Å². The summed E-state index contributed by atoms with van der Waals surface area (Å²) in [5, 5.41) is 13.0. The number of hydrogen-bond donors (Lipinski definition) is 1. The highest BCUT2D eigenvalue weighted by Crippen LogP contribution is 2.33. The van der Waals surface area contributed by atoms with Crippen molar-refractivity contribution >= 4 is 11.6 Å². The topological polar surface area (TPSA) is 81.5 Å². The zero-order valence-electron chi connectivity index (χ0n) is 13.7. The van der Waals surface area contributed by atoms with Gasteiger partial charge in [-0.1, -0.05) is 26.8 Å². The Labute approximate surface area is 137 Å². The summed E-state index contributed by atoms with van der Waals surface area (Å²) in [6.45, 7) is 4.81. The Hall–Kier alpha value is -2.32. The van der Waals surface area contributed by atoms with Crippen LogP contribution in [-0.4, -0.2) is 30.2 Å². The highest BCUT2D eigenvalue weighted by Gasteiger charge is 2.43. The molecule has 0 fully saturated rings. The van der Waals surface area contributed by atoms with Gasteiger partial charge in [0, 0.05) is 0 Å². The number of carbonyl (C=O) groups excluding carboxylic acids is 1. The Kier molecular flexibility index (Phi) is 5.80. The van der Waals surface area contributed by atoms with Gasteiger partial charge < -0.3 is 10.1 Å². The van der Waals surface area contributed by atoms with Crippen molar-refractivity contribution in [3.63, 3.8) is 0 Å². The van der Waals surface area contributed by atoms with Crippen LogP contribution in [0, 0.1) is 15.5 Å². The summed E-state index contributed by atoms with van der Waals surface area (Å²) >= 11 is 0. The number of para-hydroxylation sites is 1. The van der Waals surface area contributed by atoms with E-state index in [2.05, 4.69) is 0 Å². The van der Waals surface area contributed by atoms with Gasteiger partial charge in [0.2, 0.25) is 0 Å². The van der Waals surface area contributed by atoms with E-state index >= 15 is 0 Å². The minimum Gasteiger partial charge on any atom is -0.490 e. The summed E-state index contributed by atoms with van der Waals surface area (Å²) in [5.74, 6) is -1.38. The van der Waals surface area contributed by atoms with Crippen molar-refractivity contribution in [2.24, 2.45) is 5.41 Å². The molecule has 0 heterocycles. The second kappa shape index (κ2) is 7.06. The molecule has 0 aliphatic rings. The first-order valence-electron chi connectivity index (χ1n) is 7.06. The second-order valence-electron chi connectivity index (χ2n) is 6.45. The molecule has 134 valence electrons. The lowest BCUT2D eigenvalue weighted by molar-refractivity contribution is -0.386. The molecule has 9 heteroatoms. The molecule has 1 aromatic rings. The van der Waals surface area contributed by atoms with Crippen LogP contribution in [0.4, 0.5) is 18.9 Å².